The van der Waals surface area contributed by atoms with E-state index < -0.39 is 0 Å². The number of aryl methyl sites for hydroxylation is 2. The first kappa shape index (κ1) is 10.2. The van der Waals surface area contributed by atoms with Gasteiger partial charge in [-0.2, -0.15) is 5.26 Å². The number of aromatic nitrogens is 2. The number of imidazole rings is 1. The average molecular weight is 264 g/mol. The van der Waals surface area contributed by atoms with E-state index in [1.54, 1.807) is 0 Å². The second kappa shape index (κ2) is 3.67. The van der Waals surface area contributed by atoms with E-state index in [1.165, 1.54) is 5.56 Å². The Labute approximate surface area is 96.5 Å². The quantitative estimate of drug-likeness (QED) is 0.794. The van der Waals surface area contributed by atoms with Crippen LogP contribution in [0.25, 0.3) is 11.0 Å². The van der Waals surface area contributed by atoms with Crippen LogP contribution in [0.15, 0.2) is 16.6 Å². The maximum Gasteiger partial charge on any atom is 0.123 e. The number of benzene rings is 1. The summed E-state index contributed by atoms with van der Waals surface area (Å²) in [4.78, 5) is 4.44. The molecule has 0 fully saturated rings. The van der Waals surface area contributed by atoms with Gasteiger partial charge in [0.05, 0.1) is 18.0 Å². The highest BCUT2D eigenvalue weighted by atomic mass is 79.9. The summed E-state index contributed by atoms with van der Waals surface area (Å²) in [6, 6.07) is 6.23. The molecule has 2 aromatic rings. The van der Waals surface area contributed by atoms with Gasteiger partial charge in [-0.1, -0.05) is 0 Å². The molecule has 4 heteroatoms. The molecule has 0 N–H and O–H groups in total. The average Bonchev–Trinajstić information content (AvgIpc) is 2.47. The third kappa shape index (κ3) is 1.64. The molecule has 76 valence electrons. The molecule has 15 heavy (non-hydrogen) atoms. The van der Waals surface area contributed by atoms with Crippen molar-refractivity contribution in [2.45, 2.75) is 13.3 Å². The molecule has 3 nitrogen and oxygen atoms in total. The van der Waals surface area contributed by atoms with Crippen molar-refractivity contribution in [3.05, 3.63) is 28.0 Å². The summed E-state index contributed by atoms with van der Waals surface area (Å²) in [5.74, 6) is 0.804. The molecule has 1 heterocycles. The normalized spacial score (nSPS) is 10.5. The highest BCUT2D eigenvalue weighted by Crippen LogP contribution is 2.25. The number of hydrogen-bond donors (Lipinski definition) is 0. The first-order valence-electron chi connectivity index (χ1n) is 4.62. The lowest BCUT2D eigenvalue weighted by molar-refractivity contribution is 0.857. The van der Waals surface area contributed by atoms with Crippen LogP contribution in [0, 0.1) is 18.3 Å². The van der Waals surface area contributed by atoms with Gasteiger partial charge in [-0.15, -0.1) is 0 Å². The van der Waals surface area contributed by atoms with E-state index in [4.69, 9.17) is 5.26 Å². The fourth-order valence-electron chi connectivity index (χ4n) is 1.65. The zero-order valence-electron chi connectivity index (χ0n) is 8.58. The molecule has 0 bridgehead atoms. The maximum atomic E-state index is 8.68. The van der Waals surface area contributed by atoms with Crippen LogP contribution in [0.4, 0.5) is 0 Å². The molecule has 0 radical (unpaired) electrons. The molecule has 0 saturated heterocycles. The summed E-state index contributed by atoms with van der Waals surface area (Å²) >= 11 is 3.49. The topological polar surface area (TPSA) is 41.6 Å². The molecule has 0 atom stereocenters. The van der Waals surface area contributed by atoms with Crippen LogP contribution in [0.3, 0.4) is 0 Å². The highest BCUT2D eigenvalue weighted by molar-refractivity contribution is 9.10. The Hall–Kier alpha value is -1.34. The minimum Gasteiger partial charge on any atom is -0.330 e. The van der Waals surface area contributed by atoms with Gasteiger partial charge in [0.15, 0.2) is 0 Å². The smallest absolute Gasteiger partial charge is 0.123 e. The van der Waals surface area contributed by atoms with Crippen molar-refractivity contribution in [3.8, 4) is 6.07 Å². The SMILES string of the molecule is Cc1cc(Br)c2nc(CC#N)n(C)c2c1. The van der Waals surface area contributed by atoms with Crippen LogP contribution < -0.4 is 0 Å². The van der Waals surface area contributed by atoms with E-state index in [2.05, 4.69) is 33.0 Å². The molecule has 0 amide bonds. The molecule has 0 unspecified atom stereocenters. The van der Waals surface area contributed by atoms with Gasteiger partial charge in [-0.3, -0.25) is 0 Å². The van der Waals surface area contributed by atoms with Crippen molar-refractivity contribution in [1.82, 2.24) is 9.55 Å². The van der Waals surface area contributed by atoms with Gasteiger partial charge < -0.3 is 4.57 Å². The van der Waals surface area contributed by atoms with Gasteiger partial charge in [0.1, 0.15) is 11.3 Å². The number of nitriles is 1. The summed E-state index contributed by atoms with van der Waals surface area (Å²) in [6.07, 6.45) is 0.344. The predicted molar refractivity (Wildman–Crippen MR) is 62.5 cm³/mol. The fraction of sp³-hybridized carbons (Fsp3) is 0.273. The molecular formula is C11H10BrN3. The van der Waals surface area contributed by atoms with Gasteiger partial charge >= 0.3 is 0 Å². The Morgan fingerprint density at radius 2 is 2.27 bits per heavy atom. The summed E-state index contributed by atoms with van der Waals surface area (Å²) in [5.41, 5.74) is 3.17. The molecule has 1 aromatic heterocycles. The summed E-state index contributed by atoms with van der Waals surface area (Å²) in [5, 5.41) is 8.68. The Balaban J connectivity index is 2.77. The third-order valence-corrected chi connectivity index (χ3v) is 3.02. The molecular weight excluding hydrogens is 254 g/mol. The molecule has 0 saturated carbocycles. The zero-order valence-corrected chi connectivity index (χ0v) is 10.2. The number of nitrogens with zero attached hydrogens (tertiary/aromatic N) is 3. The number of halogens is 1. The minimum atomic E-state index is 0.344. The van der Waals surface area contributed by atoms with E-state index in [0.29, 0.717) is 6.42 Å². The summed E-state index contributed by atoms with van der Waals surface area (Å²) < 4.78 is 2.95. The number of rotatable bonds is 1. The zero-order chi connectivity index (χ0) is 11.0. The van der Waals surface area contributed by atoms with Crippen molar-refractivity contribution >= 4 is 27.0 Å². The number of hydrogen-bond acceptors (Lipinski definition) is 2. The maximum absolute atomic E-state index is 8.68. The van der Waals surface area contributed by atoms with Crippen LogP contribution in [-0.2, 0) is 13.5 Å². The van der Waals surface area contributed by atoms with E-state index in [1.807, 2.05) is 24.6 Å². The first-order valence-corrected chi connectivity index (χ1v) is 5.41. The first-order chi connectivity index (χ1) is 7.13. The van der Waals surface area contributed by atoms with Crippen LogP contribution >= 0.6 is 15.9 Å². The molecule has 2 rings (SSSR count). The second-order valence-corrected chi connectivity index (χ2v) is 4.39. The van der Waals surface area contributed by atoms with E-state index in [9.17, 15) is 0 Å². The lowest BCUT2D eigenvalue weighted by Crippen LogP contribution is -1.95. The van der Waals surface area contributed by atoms with E-state index in [0.717, 1.165) is 21.3 Å². The molecule has 1 aromatic carbocycles. The number of fused-ring (bicyclic) bond motifs is 1. The van der Waals surface area contributed by atoms with Crippen molar-refractivity contribution in [2.75, 3.05) is 0 Å². The van der Waals surface area contributed by atoms with Crippen LogP contribution in [0.5, 0.6) is 0 Å². The standard InChI is InChI=1S/C11H10BrN3/c1-7-5-8(12)11-9(6-7)15(2)10(14-11)3-4-13/h5-6H,3H2,1-2H3. The van der Waals surface area contributed by atoms with Crippen LogP contribution in [0.1, 0.15) is 11.4 Å². The van der Waals surface area contributed by atoms with Crippen molar-refractivity contribution < 1.29 is 0 Å². The van der Waals surface area contributed by atoms with Gasteiger partial charge in [-0.25, -0.2) is 4.98 Å². The Morgan fingerprint density at radius 1 is 1.53 bits per heavy atom. The van der Waals surface area contributed by atoms with Crippen molar-refractivity contribution in [3.63, 3.8) is 0 Å². The van der Waals surface area contributed by atoms with E-state index >= 15 is 0 Å². The monoisotopic (exact) mass is 263 g/mol. The largest absolute Gasteiger partial charge is 0.330 e. The predicted octanol–water partition coefficient (Wildman–Crippen LogP) is 2.71. The molecule has 0 aliphatic heterocycles. The lowest BCUT2D eigenvalue weighted by atomic mass is 10.2. The Morgan fingerprint density at radius 3 is 2.93 bits per heavy atom. The Bertz CT molecular complexity index is 563. The van der Waals surface area contributed by atoms with Gasteiger partial charge in [0, 0.05) is 11.5 Å². The molecule has 0 spiro atoms. The minimum absolute atomic E-state index is 0.344. The Kier molecular flexibility index (Phi) is 2.49. The van der Waals surface area contributed by atoms with Crippen LogP contribution in [0.2, 0.25) is 0 Å². The fourth-order valence-corrected chi connectivity index (χ4v) is 2.31. The highest BCUT2D eigenvalue weighted by Gasteiger charge is 2.10. The molecule has 0 aliphatic carbocycles. The summed E-state index contributed by atoms with van der Waals surface area (Å²) in [7, 11) is 1.94. The molecule has 0 aliphatic rings. The van der Waals surface area contributed by atoms with E-state index in [-0.39, 0.29) is 0 Å². The lowest BCUT2D eigenvalue weighted by Gasteiger charge is -1.99. The van der Waals surface area contributed by atoms with Crippen molar-refractivity contribution in [2.24, 2.45) is 7.05 Å². The third-order valence-electron chi connectivity index (χ3n) is 2.41. The second-order valence-electron chi connectivity index (χ2n) is 3.54. The van der Waals surface area contributed by atoms with Crippen LogP contribution in [-0.4, -0.2) is 9.55 Å². The van der Waals surface area contributed by atoms with Gasteiger partial charge in [0.25, 0.3) is 0 Å². The van der Waals surface area contributed by atoms with Gasteiger partial charge in [-0.05, 0) is 40.5 Å². The van der Waals surface area contributed by atoms with Gasteiger partial charge in [0.2, 0.25) is 0 Å². The van der Waals surface area contributed by atoms with Crippen molar-refractivity contribution in [1.29, 1.82) is 5.26 Å². The summed E-state index contributed by atoms with van der Waals surface area (Å²) in [6.45, 7) is 2.04.